The van der Waals surface area contributed by atoms with Crippen LogP contribution >= 0.6 is 7.82 Å². The van der Waals surface area contributed by atoms with Gasteiger partial charge in [0.2, 0.25) is 5.91 Å². The monoisotopic (exact) mass is 953 g/mol. The highest BCUT2D eigenvalue weighted by atomic mass is 31.2. The van der Waals surface area contributed by atoms with Gasteiger partial charge in [-0.3, -0.25) is 9.36 Å². The molecule has 67 heavy (non-hydrogen) atoms. The van der Waals surface area contributed by atoms with E-state index in [9.17, 15) is 24.5 Å². The predicted octanol–water partition coefficient (Wildman–Crippen LogP) is 13.8. The Balaban J connectivity index is 4.42. The Hall–Kier alpha value is -3.14. The summed E-state index contributed by atoms with van der Waals surface area (Å²) in [6, 6.07) is -1.12. The Bertz CT molecular complexity index is 1520. The Kier molecular flexibility index (Phi) is 44.4. The number of hydrogen-bond acceptors (Lipinski definition) is 7. The van der Waals surface area contributed by atoms with E-state index in [-0.39, 0.29) is 18.9 Å². The first-order chi connectivity index (χ1) is 32.4. The molecule has 10 heteroatoms. The predicted molar refractivity (Wildman–Crippen MR) is 285 cm³/mol. The maximum Gasteiger partial charge on any atom is 0.268 e. The van der Waals surface area contributed by atoms with Crippen molar-refractivity contribution < 1.29 is 38.0 Å². The molecular weight excluding hydrogens is 856 g/mol. The minimum absolute atomic E-state index is 0.0602. The van der Waals surface area contributed by atoms with Gasteiger partial charge in [0.25, 0.3) is 7.82 Å². The minimum atomic E-state index is -4.70. The largest absolute Gasteiger partial charge is 0.756 e. The number of allylic oxidation sites excluding steroid dienone is 20. The molecule has 0 saturated heterocycles. The van der Waals surface area contributed by atoms with E-state index >= 15 is 0 Å². The zero-order chi connectivity index (χ0) is 49.4. The number of phosphoric ester groups is 1. The van der Waals surface area contributed by atoms with Gasteiger partial charge in [-0.2, -0.15) is 0 Å². The summed E-state index contributed by atoms with van der Waals surface area (Å²) in [7, 11) is 1.06. The van der Waals surface area contributed by atoms with Crippen LogP contribution in [0.1, 0.15) is 174 Å². The van der Waals surface area contributed by atoms with Gasteiger partial charge in [0, 0.05) is 6.42 Å². The third-order valence-corrected chi connectivity index (χ3v) is 11.7. The summed E-state index contributed by atoms with van der Waals surface area (Å²) < 4.78 is 23.2. The van der Waals surface area contributed by atoms with E-state index in [0.29, 0.717) is 30.3 Å². The van der Waals surface area contributed by atoms with E-state index < -0.39 is 32.7 Å². The second-order valence-corrected chi connectivity index (χ2v) is 19.7. The summed E-state index contributed by atoms with van der Waals surface area (Å²) in [4.78, 5) is 25.4. The average molecular weight is 953 g/mol. The van der Waals surface area contributed by atoms with Crippen molar-refractivity contribution in [3.63, 3.8) is 0 Å². The molecule has 0 aliphatic carbocycles. The number of unbranched alkanes of at least 4 members (excludes halogenated alkanes) is 11. The second-order valence-electron chi connectivity index (χ2n) is 18.3. The fraction of sp³-hybridized carbons (Fsp3) is 0.632. The number of aliphatic hydroxyl groups is 2. The number of rotatable bonds is 45. The summed E-state index contributed by atoms with van der Waals surface area (Å²) in [6.45, 7) is 4.24. The lowest BCUT2D eigenvalue weighted by Gasteiger charge is -2.31. The van der Waals surface area contributed by atoms with Gasteiger partial charge in [-0.15, -0.1) is 0 Å². The number of aliphatic hydroxyl groups excluding tert-OH is 2. The molecule has 0 aliphatic heterocycles. The number of hydrogen-bond donors (Lipinski definition) is 3. The van der Waals surface area contributed by atoms with E-state index in [1.807, 2.05) is 21.1 Å². The zero-order valence-electron chi connectivity index (χ0n) is 42.9. The summed E-state index contributed by atoms with van der Waals surface area (Å²) in [5, 5.41) is 24.6. The number of nitrogens with one attached hydrogen (secondary N) is 1. The highest BCUT2D eigenvalue weighted by Gasteiger charge is 2.29. The summed E-state index contributed by atoms with van der Waals surface area (Å²) >= 11 is 0. The molecule has 0 aromatic rings. The number of phosphoric acid groups is 1. The van der Waals surface area contributed by atoms with Gasteiger partial charge in [-0.05, 0) is 109 Å². The first-order valence-corrected chi connectivity index (χ1v) is 27.4. The Labute approximate surface area is 410 Å². The number of carbonyl (C=O) groups is 1. The van der Waals surface area contributed by atoms with Crippen molar-refractivity contribution in [1.82, 2.24) is 5.32 Å². The van der Waals surface area contributed by atoms with Crippen molar-refractivity contribution in [3.8, 4) is 0 Å². The quantitative estimate of drug-likeness (QED) is 0.0240. The lowest BCUT2D eigenvalue weighted by atomic mass is 10.0. The van der Waals surface area contributed by atoms with E-state index in [2.05, 4.69) is 141 Å². The van der Waals surface area contributed by atoms with E-state index in [4.69, 9.17) is 9.05 Å². The molecule has 0 fully saturated rings. The maximum absolute atomic E-state index is 12.9. The van der Waals surface area contributed by atoms with E-state index in [1.54, 1.807) is 0 Å². The molecule has 0 aromatic heterocycles. The second kappa shape index (κ2) is 46.6. The Morgan fingerprint density at radius 3 is 1.39 bits per heavy atom. The van der Waals surface area contributed by atoms with Gasteiger partial charge in [-0.1, -0.05) is 180 Å². The van der Waals surface area contributed by atoms with Crippen LogP contribution in [0.15, 0.2) is 122 Å². The standard InChI is InChI=1S/C57H97N2O7P/c1-6-8-10-12-14-16-18-20-21-22-23-24-25-26-27-28-29-30-31-32-33-34-35-36-37-38-40-42-44-46-48-50-56(61)58-54(53-66-67(63,64)65-52-51-59(3,4)5)57(62)55(60)49-47-45-43-41-39-19-17-15-13-11-9-7-2/h8,10,14,16,20-21,23-24,26-27,29-30,32-33,35-36,38,40-41,43,54-55,57,60,62H,6-7,9,11-13,15,17-19,22,25,28,31,34,37,39,42,44-53H2,1-5H3,(H-,58,61,63,64)/b10-8-,16-14-,21-20-,24-23-,27-26-,30-29-,33-32-,36-35-,40-38-,43-41+. The minimum Gasteiger partial charge on any atom is -0.756 e. The van der Waals surface area contributed by atoms with Crippen molar-refractivity contribution in [2.24, 2.45) is 0 Å². The molecule has 382 valence electrons. The number of likely N-dealkylation sites (N-methyl/N-ethyl adjacent to an activating group) is 1. The van der Waals surface area contributed by atoms with Crippen LogP contribution in [0.4, 0.5) is 0 Å². The molecule has 0 saturated carbocycles. The fourth-order valence-electron chi connectivity index (χ4n) is 6.66. The van der Waals surface area contributed by atoms with Crippen molar-refractivity contribution in [2.75, 3.05) is 40.9 Å². The maximum atomic E-state index is 12.9. The number of nitrogens with zero attached hydrogens (tertiary/aromatic N) is 1. The SMILES string of the molecule is CC/C=C\C/C=C\C/C=C\C/C=C\C/C=C\C/C=C\C/C=C\C/C=C\C/C=C\CCCCCC(=O)NC(COP(=O)([O-])OCC[N+](C)(C)C)C(O)C(O)CCC/C=C/CCCCCCCCC. The van der Waals surface area contributed by atoms with Crippen molar-refractivity contribution in [3.05, 3.63) is 122 Å². The van der Waals surface area contributed by atoms with Crippen LogP contribution in [0.3, 0.4) is 0 Å². The van der Waals surface area contributed by atoms with Crippen molar-refractivity contribution in [1.29, 1.82) is 0 Å². The molecule has 1 amide bonds. The van der Waals surface area contributed by atoms with Gasteiger partial charge in [0.15, 0.2) is 0 Å². The molecule has 0 aromatic carbocycles. The van der Waals surface area contributed by atoms with Crippen LogP contribution in [0.5, 0.6) is 0 Å². The smallest absolute Gasteiger partial charge is 0.268 e. The Morgan fingerprint density at radius 2 is 0.940 bits per heavy atom. The molecule has 4 unspecified atom stereocenters. The lowest BCUT2D eigenvalue weighted by Crippen LogP contribution is -2.51. The van der Waals surface area contributed by atoms with Crippen LogP contribution in [-0.4, -0.2) is 79.8 Å². The van der Waals surface area contributed by atoms with Gasteiger partial charge in [0.1, 0.15) is 19.3 Å². The molecule has 0 radical (unpaired) electrons. The molecule has 0 heterocycles. The van der Waals surface area contributed by atoms with Crippen molar-refractivity contribution >= 4 is 13.7 Å². The van der Waals surface area contributed by atoms with Crippen LogP contribution in [0.25, 0.3) is 0 Å². The summed E-state index contributed by atoms with van der Waals surface area (Å²) in [6.07, 6.45) is 65.4. The number of amides is 1. The van der Waals surface area contributed by atoms with Crippen molar-refractivity contribution in [2.45, 2.75) is 193 Å². The molecular formula is C57H97N2O7P. The molecule has 0 spiro atoms. The molecule has 4 atom stereocenters. The lowest BCUT2D eigenvalue weighted by molar-refractivity contribution is -0.870. The summed E-state index contributed by atoms with van der Waals surface area (Å²) in [5.41, 5.74) is 0. The Morgan fingerprint density at radius 1 is 0.552 bits per heavy atom. The van der Waals surface area contributed by atoms with Gasteiger partial charge < -0.3 is 34.0 Å². The molecule has 0 aliphatic rings. The van der Waals surface area contributed by atoms with Crippen LogP contribution in [0, 0.1) is 0 Å². The number of carbonyl (C=O) groups excluding carboxylic acids is 1. The first kappa shape index (κ1) is 63.9. The summed E-state index contributed by atoms with van der Waals surface area (Å²) in [5.74, 6) is -0.327. The molecule has 3 N–H and O–H groups in total. The third kappa shape index (κ3) is 47.7. The average Bonchev–Trinajstić information content (AvgIpc) is 3.29. The molecule has 0 bridgehead atoms. The topological polar surface area (TPSA) is 128 Å². The van der Waals surface area contributed by atoms with Crippen LogP contribution in [-0.2, 0) is 18.4 Å². The van der Waals surface area contributed by atoms with E-state index in [1.165, 1.54) is 44.9 Å². The highest BCUT2D eigenvalue weighted by Crippen LogP contribution is 2.38. The zero-order valence-corrected chi connectivity index (χ0v) is 43.8. The first-order valence-electron chi connectivity index (χ1n) is 26.0. The van der Waals surface area contributed by atoms with Crippen LogP contribution in [0.2, 0.25) is 0 Å². The normalized spacial score (nSPS) is 15.5. The molecule has 0 rings (SSSR count). The fourth-order valence-corrected chi connectivity index (χ4v) is 7.38. The van der Waals surface area contributed by atoms with Crippen LogP contribution < -0.4 is 10.2 Å². The van der Waals surface area contributed by atoms with Gasteiger partial charge in [0.05, 0.1) is 39.9 Å². The van der Waals surface area contributed by atoms with Gasteiger partial charge >= 0.3 is 0 Å². The highest BCUT2D eigenvalue weighted by molar-refractivity contribution is 7.45. The molecule has 9 nitrogen and oxygen atoms in total. The van der Waals surface area contributed by atoms with Gasteiger partial charge in [-0.25, -0.2) is 0 Å². The van der Waals surface area contributed by atoms with E-state index in [0.717, 1.165) is 89.9 Å². The number of quaternary nitrogens is 1. The third-order valence-electron chi connectivity index (χ3n) is 10.8.